The van der Waals surface area contributed by atoms with Crippen LogP contribution in [-0.2, 0) is 13.2 Å². The molecule has 0 saturated heterocycles. The first-order chi connectivity index (χ1) is 14.0. The molecule has 154 valence electrons. The maximum Gasteiger partial charge on any atom is 0.286 e. The van der Waals surface area contributed by atoms with Crippen LogP contribution in [0.1, 0.15) is 54.5 Å². The van der Waals surface area contributed by atoms with Gasteiger partial charge < -0.3 is 14.5 Å². The summed E-state index contributed by atoms with van der Waals surface area (Å²) in [5.74, 6) is 1.95. The van der Waals surface area contributed by atoms with Gasteiger partial charge in [-0.1, -0.05) is 37.6 Å². The number of furan rings is 1. The molecule has 1 unspecified atom stereocenters. The highest BCUT2D eigenvalue weighted by Gasteiger charge is 2.11. The van der Waals surface area contributed by atoms with Gasteiger partial charge >= 0.3 is 0 Å². The van der Waals surface area contributed by atoms with Crippen molar-refractivity contribution in [3.8, 4) is 5.75 Å². The van der Waals surface area contributed by atoms with E-state index in [1.54, 1.807) is 29.2 Å². The summed E-state index contributed by atoms with van der Waals surface area (Å²) in [7, 11) is 0. The highest BCUT2D eigenvalue weighted by Crippen LogP contribution is 2.22. The number of nitrogens with one attached hydrogen (secondary N) is 1. The molecule has 1 amide bonds. The molecule has 7 heteroatoms. The van der Waals surface area contributed by atoms with Crippen molar-refractivity contribution >= 4 is 17.5 Å². The third-order valence-electron chi connectivity index (χ3n) is 4.78. The zero-order valence-electron chi connectivity index (χ0n) is 16.7. The molecule has 29 heavy (non-hydrogen) atoms. The Kier molecular flexibility index (Phi) is 7.36. The van der Waals surface area contributed by atoms with Crippen molar-refractivity contribution < 1.29 is 13.9 Å². The van der Waals surface area contributed by atoms with Crippen LogP contribution in [0.4, 0.5) is 0 Å². The Bertz CT molecular complexity index is 918. The first kappa shape index (κ1) is 21.0. The summed E-state index contributed by atoms with van der Waals surface area (Å²) < 4.78 is 13.1. The van der Waals surface area contributed by atoms with Crippen LogP contribution in [0.25, 0.3) is 0 Å². The number of nitrogens with zero attached hydrogens (tertiary/aromatic N) is 2. The number of halogens is 1. The molecular weight excluding hydrogens is 390 g/mol. The van der Waals surface area contributed by atoms with E-state index in [1.807, 2.05) is 12.1 Å². The maximum atomic E-state index is 12.2. The van der Waals surface area contributed by atoms with E-state index in [2.05, 4.69) is 36.4 Å². The fraction of sp³-hybridized carbons (Fsp3) is 0.364. The molecule has 0 saturated carbocycles. The number of amides is 1. The smallest absolute Gasteiger partial charge is 0.286 e. The summed E-state index contributed by atoms with van der Waals surface area (Å²) in [6, 6.07) is 11.5. The maximum absolute atomic E-state index is 12.2. The zero-order chi connectivity index (χ0) is 20.6. The van der Waals surface area contributed by atoms with Crippen LogP contribution in [0.3, 0.4) is 0 Å². The average Bonchev–Trinajstić information content (AvgIpc) is 3.38. The highest BCUT2D eigenvalue weighted by molar-refractivity contribution is 6.30. The van der Waals surface area contributed by atoms with Crippen LogP contribution in [0.15, 0.2) is 53.2 Å². The van der Waals surface area contributed by atoms with E-state index >= 15 is 0 Å². The zero-order valence-corrected chi connectivity index (χ0v) is 17.5. The fourth-order valence-electron chi connectivity index (χ4n) is 2.85. The van der Waals surface area contributed by atoms with Gasteiger partial charge in [0.25, 0.3) is 5.91 Å². The number of carbonyl (C=O) groups is 1. The molecule has 0 radical (unpaired) electrons. The largest absolute Gasteiger partial charge is 0.486 e. The Labute approximate surface area is 175 Å². The summed E-state index contributed by atoms with van der Waals surface area (Å²) in [5, 5.41) is 7.54. The average molecular weight is 416 g/mol. The first-order valence-electron chi connectivity index (χ1n) is 9.82. The van der Waals surface area contributed by atoms with Gasteiger partial charge in [0, 0.05) is 19.3 Å². The molecule has 0 spiro atoms. The Morgan fingerprint density at radius 1 is 1.28 bits per heavy atom. The summed E-state index contributed by atoms with van der Waals surface area (Å²) in [6.45, 7) is 5.86. The van der Waals surface area contributed by atoms with Gasteiger partial charge in [-0.2, -0.15) is 5.10 Å². The normalized spacial score (nSPS) is 12.0. The lowest BCUT2D eigenvalue weighted by Crippen LogP contribution is -2.24. The second kappa shape index (κ2) is 10.2. The topological polar surface area (TPSA) is 69.3 Å². The van der Waals surface area contributed by atoms with Crippen molar-refractivity contribution in [2.75, 3.05) is 6.54 Å². The fourth-order valence-corrected chi connectivity index (χ4v) is 3.01. The van der Waals surface area contributed by atoms with Crippen molar-refractivity contribution in [1.29, 1.82) is 0 Å². The lowest BCUT2D eigenvalue weighted by molar-refractivity contribution is 0.0921. The Balaban J connectivity index is 1.41. The molecule has 2 heterocycles. The monoisotopic (exact) mass is 415 g/mol. The molecule has 0 aliphatic heterocycles. The lowest BCUT2D eigenvalue weighted by atomic mass is 9.99. The van der Waals surface area contributed by atoms with Gasteiger partial charge in [-0.15, -0.1) is 0 Å². The number of ether oxygens (including phenoxy) is 1. The summed E-state index contributed by atoms with van der Waals surface area (Å²) >= 11 is 5.82. The van der Waals surface area contributed by atoms with Crippen molar-refractivity contribution in [2.45, 2.75) is 45.8 Å². The molecule has 1 aromatic carbocycles. The molecule has 1 N–H and O–H groups in total. The Morgan fingerprint density at radius 3 is 2.76 bits per heavy atom. The van der Waals surface area contributed by atoms with E-state index < -0.39 is 0 Å². The predicted molar refractivity (Wildman–Crippen MR) is 112 cm³/mol. The minimum atomic E-state index is -0.243. The number of aromatic nitrogens is 2. The lowest BCUT2D eigenvalue weighted by Gasteiger charge is -2.10. The van der Waals surface area contributed by atoms with E-state index in [0.717, 1.165) is 18.6 Å². The van der Waals surface area contributed by atoms with E-state index in [4.69, 9.17) is 20.8 Å². The van der Waals surface area contributed by atoms with Gasteiger partial charge in [0.1, 0.15) is 18.1 Å². The second-order valence-electron chi connectivity index (χ2n) is 6.96. The van der Waals surface area contributed by atoms with E-state index in [0.29, 0.717) is 29.8 Å². The second-order valence-corrected chi connectivity index (χ2v) is 7.40. The minimum Gasteiger partial charge on any atom is -0.486 e. The molecule has 3 rings (SSSR count). The van der Waals surface area contributed by atoms with Crippen LogP contribution in [-0.4, -0.2) is 22.2 Å². The summed E-state index contributed by atoms with van der Waals surface area (Å²) in [5.41, 5.74) is 1.30. The first-order valence-corrected chi connectivity index (χ1v) is 10.2. The number of hydrogen-bond acceptors (Lipinski definition) is 4. The van der Waals surface area contributed by atoms with E-state index in [1.165, 1.54) is 5.56 Å². The molecule has 2 aromatic heterocycles. The van der Waals surface area contributed by atoms with Crippen LogP contribution < -0.4 is 10.1 Å². The van der Waals surface area contributed by atoms with Gasteiger partial charge in [0.2, 0.25) is 0 Å². The Morgan fingerprint density at radius 2 is 2.07 bits per heavy atom. The van der Waals surface area contributed by atoms with Crippen molar-refractivity contribution in [2.24, 2.45) is 0 Å². The third kappa shape index (κ3) is 6.12. The number of benzene rings is 1. The van der Waals surface area contributed by atoms with Crippen LogP contribution in [0.2, 0.25) is 5.02 Å². The van der Waals surface area contributed by atoms with Crippen molar-refractivity contribution in [1.82, 2.24) is 15.1 Å². The van der Waals surface area contributed by atoms with Gasteiger partial charge in [0.15, 0.2) is 5.76 Å². The van der Waals surface area contributed by atoms with Gasteiger partial charge in [-0.3, -0.25) is 9.48 Å². The van der Waals surface area contributed by atoms with Crippen molar-refractivity contribution in [3.05, 3.63) is 70.9 Å². The van der Waals surface area contributed by atoms with Gasteiger partial charge in [0.05, 0.1) is 11.2 Å². The minimum absolute atomic E-state index is 0.243. The predicted octanol–water partition coefficient (Wildman–Crippen LogP) is 5.04. The van der Waals surface area contributed by atoms with Crippen LogP contribution >= 0.6 is 11.6 Å². The number of hydrogen-bond donors (Lipinski definition) is 1. The number of aryl methyl sites for hydroxylation is 1. The van der Waals surface area contributed by atoms with Crippen molar-refractivity contribution in [3.63, 3.8) is 0 Å². The molecule has 0 fully saturated rings. The number of rotatable bonds is 10. The molecule has 0 aliphatic rings. The standard InChI is InChI=1S/C22H26ClN3O3/c1-3-16(2)17-5-7-19(8-6-17)28-15-20-9-10-21(29-20)22(27)24-11-4-12-26-14-18(23)13-25-26/h5-10,13-14,16H,3-4,11-12,15H2,1-2H3,(H,24,27). The van der Waals surface area contributed by atoms with E-state index in [-0.39, 0.29) is 18.3 Å². The summed E-state index contributed by atoms with van der Waals surface area (Å²) in [6.07, 6.45) is 5.19. The van der Waals surface area contributed by atoms with Crippen LogP contribution in [0.5, 0.6) is 5.75 Å². The SMILES string of the molecule is CCC(C)c1ccc(OCc2ccc(C(=O)NCCCn3cc(Cl)cn3)o2)cc1. The molecule has 0 aliphatic carbocycles. The van der Waals surface area contributed by atoms with Gasteiger partial charge in [-0.25, -0.2) is 0 Å². The third-order valence-corrected chi connectivity index (χ3v) is 4.97. The molecule has 6 nitrogen and oxygen atoms in total. The Hall–Kier alpha value is -2.73. The van der Waals surface area contributed by atoms with Gasteiger partial charge in [-0.05, 0) is 48.6 Å². The molecular formula is C22H26ClN3O3. The summed E-state index contributed by atoms with van der Waals surface area (Å²) in [4.78, 5) is 12.2. The number of carbonyl (C=O) groups excluding carboxylic acids is 1. The molecule has 3 aromatic rings. The molecule has 0 bridgehead atoms. The van der Waals surface area contributed by atoms with E-state index in [9.17, 15) is 4.79 Å². The van der Waals surface area contributed by atoms with Crippen LogP contribution in [0, 0.1) is 0 Å². The molecule has 1 atom stereocenters. The quantitative estimate of drug-likeness (QED) is 0.471. The highest BCUT2D eigenvalue weighted by atomic mass is 35.5.